The highest BCUT2D eigenvalue weighted by Gasteiger charge is 2.30. The van der Waals surface area contributed by atoms with E-state index in [0.29, 0.717) is 11.9 Å². The number of aromatic amines is 1. The fraction of sp³-hybridized carbons (Fsp3) is 0.500. The normalized spacial score (nSPS) is 20.2. The number of fused-ring (bicyclic) bond motifs is 1. The third-order valence-corrected chi connectivity index (χ3v) is 6.15. The number of aromatic nitrogens is 2. The summed E-state index contributed by atoms with van der Waals surface area (Å²) in [5.74, 6) is 2.10. The van der Waals surface area contributed by atoms with E-state index in [4.69, 9.17) is 0 Å². The van der Waals surface area contributed by atoms with Gasteiger partial charge >= 0.3 is 0 Å². The molecule has 1 saturated carbocycles. The fourth-order valence-corrected chi connectivity index (χ4v) is 4.18. The van der Waals surface area contributed by atoms with Crippen LogP contribution >= 0.6 is 11.9 Å². The second-order valence-corrected chi connectivity index (χ2v) is 8.16. The Labute approximate surface area is 158 Å². The molecular formula is C20H26N4OS. The van der Waals surface area contributed by atoms with Gasteiger partial charge in [-0.1, -0.05) is 24.9 Å². The molecule has 2 aliphatic carbocycles. The Bertz CT molecular complexity index is 824. The molecule has 0 radical (unpaired) electrons. The van der Waals surface area contributed by atoms with E-state index in [0.717, 1.165) is 48.9 Å². The van der Waals surface area contributed by atoms with Crippen LogP contribution in [0.2, 0.25) is 0 Å². The number of rotatable bonds is 7. The average Bonchev–Trinajstić information content (AvgIpc) is 3.40. The zero-order valence-electron chi connectivity index (χ0n) is 15.2. The molecule has 1 unspecified atom stereocenters. The summed E-state index contributed by atoms with van der Waals surface area (Å²) in [4.78, 5) is 19.9. The maximum absolute atomic E-state index is 12.1. The summed E-state index contributed by atoms with van der Waals surface area (Å²) in [6.45, 7) is 2.21. The summed E-state index contributed by atoms with van der Waals surface area (Å²) >= 11 is 1.84. The molecule has 26 heavy (non-hydrogen) atoms. The van der Waals surface area contributed by atoms with Crippen molar-refractivity contribution in [1.82, 2.24) is 14.7 Å². The van der Waals surface area contributed by atoms with Crippen molar-refractivity contribution in [1.29, 1.82) is 0 Å². The van der Waals surface area contributed by atoms with Crippen molar-refractivity contribution in [2.75, 3.05) is 11.1 Å². The first kappa shape index (κ1) is 17.6. The van der Waals surface area contributed by atoms with Gasteiger partial charge in [0.15, 0.2) is 0 Å². The van der Waals surface area contributed by atoms with E-state index in [-0.39, 0.29) is 11.8 Å². The molecular weight excluding hydrogens is 344 g/mol. The number of anilines is 1. The SMILES string of the molecule is CCCSNC1CC=C(c2cc(NC(=O)C3CC3)nc3[nH]ccc23)CC1. The van der Waals surface area contributed by atoms with Crippen LogP contribution in [0.1, 0.15) is 51.0 Å². The molecule has 3 N–H and O–H groups in total. The van der Waals surface area contributed by atoms with E-state index < -0.39 is 0 Å². The van der Waals surface area contributed by atoms with Crippen molar-refractivity contribution in [3.63, 3.8) is 0 Å². The molecule has 0 aliphatic heterocycles. The van der Waals surface area contributed by atoms with Crippen LogP contribution in [0.15, 0.2) is 24.4 Å². The minimum Gasteiger partial charge on any atom is -0.346 e. The molecule has 1 amide bonds. The van der Waals surface area contributed by atoms with Crippen LogP contribution in [0.25, 0.3) is 16.6 Å². The van der Waals surface area contributed by atoms with E-state index in [1.54, 1.807) is 0 Å². The molecule has 6 heteroatoms. The monoisotopic (exact) mass is 370 g/mol. The Balaban J connectivity index is 1.53. The van der Waals surface area contributed by atoms with Crippen LogP contribution in [0.4, 0.5) is 5.82 Å². The van der Waals surface area contributed by atoms with Gasteiger partial charge in [-0.3, -0.25) is 9.52 Å². The predicted molar refractivity (Wildman–Crippen MR) is 109 cm³/mol. The number of nitrogens with zero attached hydrogens (tertiary/aromatic N) is 1. The number of amides is 1. The second kappa shape index (κ2) is 7.84. The molecule has 138 valence electrons. The maximum Gasteiger partial charge on any atom is 0.228 e. The second-order valence-electron chi connectivity index (χ2n) is 7.23. The van der Waals surface area contributed by atoms with E-state index in [1.165, 1.54) is 17.6 Å². The summed E-state index contributed by atoms with van der Waals surface area (Å²) in [6.07, 6.45) is 10.7. The van der Waals surface area contributed by atoms with E-state index in [9.17, 15) is 4.79 Å². The Kier molecular flexibility index (Phi) is 5.31. The van der Waals surface area contributed by atoms with Crippen LogP contribution in [0.5, 0.6) is 0 Å². The number of nitrogens with one attached hydrogen (secondary N) is 3. The lowest BCUT2D eigenvalue weighted by atomic mass is 9.90. The van der Waals surface area contributed by atoms with Crippen molar-refractivity contribution < 1.29 is 4.79 Å². The lowest BCUT2D eigenvalue weighted by Gasteiger charge is -2.23. The van der Waals surface area contributed by atoms with Gasteiger partial charge in [-0.15, -0.1) is 0 Å². The highest BCUT2D eigenvalue weighted by Crippen LogP contribution is 2.34. The Morgan fingerprint density at radius 3 is 3.00 bits per heavy atom. The molecule has 2 aromatic heterocycles. The highest BCUT2D eigenvalue weighted by atomic mass is 32.2. The van der Waals surface area contributed by atoms with Gasteiger partial charge < -0.3 is 10.3 Å². The molecule has 1 atom stereocenters. The zero-order chi connectivity index (χ0) is 17.9. The van der Waals surface area contributed by atoms with Crippen molar-refractivity contribution >= 4 is 40.3 Å². The highest BCUT2D eigenvalue weighted by molar-refractivity contribution is 7.97. The van der Waals surface area contributed by atoms with Crippen LogP contribution < -0.4 is 10.0 Å². The molecule has 5 nitrogen and oxygen atoms in total. The Hall–Kier alpha value is -1.79. The van der Waals surface area contributed by atoms with Gasteiger partial charge in [0.05, 0.1) is 0 Å². The van der Waals surface area contributed by atoms with Gasteiger partial charge in [-0.2, -0.15) is 0 Å². The fourth-order valence-electron chi connectivity index (χ4n) is 3.41. The third-order valence-electron chi connectivity index (χ3n) is 5.04. The molecule has 0 bridgehead atoms. The van der Waals surface area contributed by atoms with Gasteiger partial charge in [0, 0.05) is 29.3 Å². The number of carbonyl (C=O) groups excluding carboxylic acids is 1. The summed E-state index contributed by atoms with van der Waals surface area (Å²) in [6, 6.07) is 4.67. The molecule has 4 rings (SSSR count). The predicted octanol–water partition coefficient (Wildman–Crippen LogP) is 4.50. The van der Waals surface area contributed by atoms with E-state index in [1.807, 2.05) is 24.2 Å². The van der Waals surface area contributed by atoms with Crippen molar-refractivity contribution in [3.05, 3.63) is 30.0 Å². The number of pyridine rings is 1. The first-order chi connectivity index (χ1) is 12.7. The quantitative estimate of drug-likeness (QED) is 0.496. The number of allylic oxidation sites excluding steroid dienone is 1. The van der Waals surface area contributed by atoms with Gasteiger partial charge in [0.1, 0.15) is 11.5 Å². The lowest BCUT2D eigenvalue weighted by Crippen LogP contribution is -2.25. The van der Waals surface area contributed by atoms with Crippen LogP contribution in [-0.2, 0) is 4.79 Å². The Morgan fingerprint density at radius 2 is 2.27 bits per heavy atom. The molecule has 2 aromatic rings. The number of hydrogen-bond acceptors (Lipinski definition) is 4. The topological polar surface area (TPSA) is 69.8 Å². The zero-order valence-corrected chi connectivity index (χ0v) is 16.0. The first-order valence-corrected chi connectivity index (χ1v) is 10.6. The lowest BCUT2D eigenvalue weighted by molar-refractivity contribution is -0.117. The smallest absolute Gasteiger partial charge is 0.228 e. The van der Waals surface area contributed by atoms with Crippen molar-refractivity contribution in [2.45, 2.75) is 51.5 Å². The minimum absolute atomic E-state index is 0.101. The molecule has 0 spiro atoms. The van der Waals surface area contributed by atoms with Gasteiger partial charge in [0.2, 0.25) is 5.91 Å². The average molecular weight is 371 g/mol. The minimum atomic E-state index is 0.101. The number of hydrogen-bond donors (Lipinski definition) is 3. The Morgan fingerprint density at radius 1 is 1.38 bits per heavy atom. The molecule has 1 fully saturated rings. The molecule has 0 saturated heterocycles. The van der Waals surface area contributed by atoms with Gasteiger partial charge in [0.25, 0.3) is 0 Å². The van der Waals surface area contributed by atoms with Gasteiger partial charge in [-0.25, -0.2) is 4.98 Å². The number of H-pyrrole nitrogens is 1. The van der Waals surface area contributed by atoms with Gasteiger partial charge in [-0.05, 0) is 61.8 Å². The summed E-state index contributed by atoms with van der Waals surface area (Å²) in [7, 11) is 0. The summed E-state index contributed by atoms with van der Waals surface area (Å²) in [5.41, 5.74) is 3.40. The molecule has 2 heterocycles. The summed E-state index contributed by atoms with van der Waals surface area (Å²) in [5, 5.41) is 4.13. The molecule has 0 aromatic carbocycles. The van der Waals surface area contributed by atoms with Crippen LogP contribution in [-0.4, -0.2) is 27.7 Å². The number of carbonyl (C=O) groups is 1. The van der Waals surface area contributed by atoms with Crippen LogP contribution in [0, 0.1) is 5.92 Å². The molecule has 2 aliphatic rings. The maximum atomic E-state index is 12.1. The third kappa shape index (κ3) is 3.96. The van der Waals surface area contributed by atoms with E-state index in [2.05, 4.69) is 39.1 Å². The summed E-state index contributed by atoms with van der Waals surface area (Å²) < 4.78 is 3.58. The standard InChI is InChI=1S/C20H26N4OS/c1-2-11-26-24-15-7-5-13(6-8-15)17-12-18(23-20(25)14-3-4-14)22-19-16(17)9-10-21-19/h5,9-10,12,14-15,24H,2-4,6-8,11H2,1H3,(H2,21,22,23,25). The van der Waals surface area contributed by atoms with Crippen molar-refractivity contribution in [2.24, 2.45) is 5.92 Å². The largest absolute Gasteiger partial charge is 0.346 e. The van der Waals surface area contributed by atoms with Crippen LogP contribution in [0.3, 0.4) is 0 Å². The van der Waals surface area contributed by atoms with E-state index >= 15 is 0 Å². The first-order valence-electron chi connectivity index (χ1n) is 9.60. The van der Waals surface area contributed by atoms with Crippen molar-refractivity contribution in [3.8, 4) is 0 Å².